The Labute approximate surface area is 77.5 Å². The van der Waals surface area contributed by atoms with E-state index in [0.29, 0.717) is 6.10 Å². The fourth-order valence-corrected chi connectivity index (χ4v) is 1.59. The number of hydrogen-bond acceptors (Lipinski definition) is 4. The molecule has 13 heavy (non-hydrogen) atoms. The smallest absolute Gasteiger partial charge is 0.151 e. The molecule has 1 aliphatic heterocycles. The van der Waals surface area contributed by atoms with E-state index in [9.17, 15) is 0 Å². The van der Waals surface area contributed by atoms with Gasteiger partial charge in [0.2, 0.25) is 0 Å². The molecule has 0 radical (unpaired) electrons. The van der Waals surface area contributed by atoms with Crippen molar-refractivity contribution in [1.82, 2.24) is 10.2 Å². The lowest BCUT2D eigenvalue weighted by molar-refractivity contribution is 0.121. The second kappa shape index (κ2) is 3.70. The first-order valence-electron chi connectivity index (χ1n) is 4.45. The first-order valence-corrected chi connectivity index (χ1v) is 4.45. The van der Waals surface area contributed by atoms with Crippen molar-refractivity contribution in [2.75, 3.05) is 25.1 Å². The predicted molar refractivity (Wildman–Crippen MR) is 49.7 cm³/mol. The van der Waals surface area contributed by atoms with E-state index in [0.717, 1.165) is 25.3 Å². The van der Waals surface area contributed by atoms with Crippen LogP contribution >= 0.6 is 0 Å². The minimum atomic E-state index is 0.349. The Morgan fingerprint density at radius 2 is 2.54 bits per heavy atom. The summed E-state index contributed by atoms with van der Waals surface area (Å²) in [4.78, 5) is 2.20. The summed E-state index contributed by atoms with van der Waals surface area (Å²) in [5, 5.41) is 7.90. The van der Waals surface area contributed by atoms with Crippen LogP contribution in [0.3, 0.4) is 0 Å². The zero-order valence-electron chi connectivity index (χ0n) is 7.68. The average Bonchev–Trinajstić information content (AvgIpc) is 2.67. The maximum atomic E-state index is 5.27. The van der Waals surface area contributed by atoms with Crippen LogP contribution < -0.4 is 4.90 Å². The van der Waals surface area contributed by atoms with Gasteiger partial charge in [0, 0.05) is 26.4 Å². The molecule has 4 nitrogen and oxygen atoms in total. The highest BCUT2D eigenvalue weighted by atomic mass is 16.5. The molecule has 2 heterocycles. The summed E-state index contributed by atoms with van der Waals surface area (Å²) < 4.78 is 5.27. The van der Waals surface area contributed by atoms with Crippen molar-refractivity contribution in [2.24, 2.45) is 0 Å². The lowest BCUT2D eigenvalue weighted by Gasteiger charge is -2.15. The quantitative estimate of drug-likeness (QED) is 0.670. The summed E-state index contributed by atoms with van der Waals surface area (Å²) in [6.07, 6.45) is 3.11. The Balaban J connectivity index is 2.04. The molecule has 0 aliphatic carbocycles. The molecule has 0 spiro atoms. The van der Waals surface area contributed by atoms with Crippen LogP contribution in [0.4, 0.5) is 5.82 Å². The summed E-state index contributed by atoms with van der Waals surface area (Å²) in [5.74, 6) is 0.946. The van der Waals surface area contributed by atoms with Crippen molar-refractivity contribution in [2.45, 2.75) is 12.5 Å². The highest BCUT2D eigenvalue weighted by Gasteiger charge is 2.22. The maximum Gasteiger partial charge on any atom is 0.151 e. The van der Waals surface area contributed by atoms with Gasteiger partial charge in [-0.05, 0) is 18.6 Å². The van der Waals surface area contributed by atoms with Crippen molar-refractivity contribution in [3.05, 3.63) is 18.3 Å². The number of rotatable bonds is 2. The molecule has 0 unspecified atom stereocenters. The van der Waals surface area contributed by atoms with Crippen LogP contribution in [0, 0.1) is 0 Å². The van der Waals surface area contributed by atoms with E-state index in [2.05, 4.69) is 15.1 Å². The van der Waals surface area contributed by atoms with Gasteiger partial charge in [-0.25, -0.2) is 0 Å². The fraction of sp³-hybridized carbons (Fsp3) is 0.556. The van der Waals surface area contributed by atoms with Crippen molar-refractivity contribution >= 4 is 5.82 Å². The first kappa shape index (κ1) is 8.44. The molecule has 1 aromatic rings. The molecule has 1 aliphatic rings. The van der Waals surface area contributed by atoms with Crippen LogP contribution in [0.15, 0.2) is 18.3 Å². The molecular weight excluding hydrogens is 166 g/mol. The van der Waals surface area contributed by atoms with E-state index in [1.807, 2.05) is 12.1 Å². The summed E-state index contributed by atoms with van der Waals surface area (Å²) >= 11 is 0. The van der Waals surface area contributed by atoms with E-state index in [-0.39, 0.29) is 0 Å². The summed E-state index contributed by atoms with van der Waals surface area (Å²) in [6.45, 7) is 1.94. The summed E-state index contributed by atoms with van der Waals surface area (Å²) in [6, 6.07) is 3.88. The van der Waals surface area contributed by atoms with Crippen LogP contribution in [0.2, 0.25) is 0 Å². The van der Waals surface area contributed by atoms with Gasteiger partial charge in [0.1, 0.15) is 0 Å². The third-order valence-corrected chi connectivity index (χ3v) is 2.36. The van der Waals surface area contributed by atoms with Gasteiger partial charge in [-0.15, -0.1) is 5.10 Å². The predicted octanol–water partition coefficient (Wildman–Crippen LogP) is 0.702. The standard InChI is InChI=1S/C9H13N3O/c1-13-8-4-6-12(7-8)9-3-2-5-10-11-9/h2-3,5,8H,4,6-7H2,1H3/t8-/m1/s1. The number of ether oxygens (including phenoxy) is 1. The van der Waals surface area contributed by atoms with Gasteiger partial charge in [-0.1, -0.05) is 0 Å². The number of methoxy groups -OCH3 is 1. The van der Waals surface area contributed by atoms with E-state index < -0.39 is 0 Å². The molecule has 0 saturated carbocycles. The van der Waals surface area contributed by atoms with E-state index in [1.54, 1.807) is 13.3 Å². The molecular formula is C9H13N3O. The Bertz CT molecular complexity index is 265. The second-order valence-electron chi connectivity index (χ2n) is 3.17. The summed E-state index contributed by atoms with van der Waals surface area (Å²) in [5.41, 5.74) is 0. The minimum absolute atomic E-state index is 0.349. The number of hydrogen-bond donors (Lipinski definition) is 0. The first-order chi connectivity index (χ1) is 6.40. The maximum absolute atomic E-state index is 5.27. The molecule has 4 heteroatoms. The van der Waals surface area contributed by atoms with Gasteiger partial charge in [-0.2, -0.15) is 5.10 Å². The van der Waals surface area contributed by atoms with Crippen molar-refractivity contribution in [1.29, 1.82) is 0 Å². The van der Waals surface area contributed by atoms with Crippen molar-refractivity contribution in [3.8, 4) is 0 Å². The number of nitrogens with zero attached hydrogens (tertiary/aromatic N) is 3. The lowest BCUT2D eigenvalue weighted by atomic mass is 10.3. The summed E-state index contributed by atoms with van der Waals surface area (Å²) in [7, 11) is 1.75. The third kappa shape index (κ3) is 1.78. The SMILES string of the molecule is CO[C@@H]1CCN(c2cccnn2)C1. The topological polar surface area (TPSA) is 38.2 Å². The number of anilines is 1. The fourth-order valence-electron chi connectivity index (χ4n) is 1.59. The van der Waals surface area contributed by atoms with E-state index in [4.69, 9.17) is 4.74 Å². The Morgan fingerprint density at radius 1 is 1.62 bits per heavy atom. The largest absolute Gasteiger partial charge is 0.380 e. The highest BCUT2D eigenvalue weighted by molar-refractivity contribution is 5.37. The van der Waals surface area contributed by atoms with Crippen LogP contribution in [-0.4, -0.2) is 36.5 Å². The molecule has 0 N–H and O–H groups in total. The molecule has 1 fully saturated rings. The zero-order valence-corrected chi connectivity index (χ0v) is 7.68. The van der Waals surface area contributed by atoms with Crippen molar-refractivity contribution < 1.29 is 4.74 Å². The Hall–Kier alpha value is -1.16. The van der Waals surface area contributed by atoms with Crippen molar-refractivity contribution in [3.63, 3.8) is 0 Å². The van der Waals surface area contributed by atoms with Crippen LogP contribution in [0.25, 0.3) is 0 Å². The minimum Gasteiger partial charge on any atom is -0.380 e. The van der Waals surface area contributed by atoms with Gasteiger partial charge >= 0.3 is 0 Å². The zero-order chi connectivity index (χ0) is 9.10. The average molecular weight is 179 g/mol. The lowest BCUT2D eigenvalue weighted by Crippen LogP contribution is -2.23. The molecule has 2 rings (SSSR count). The molecule has 70 valence electrons. The van der Waals surface area contributed by atoms with Gasteiger partial charge in [0.15, 0.2) is 5.82 Å². The number of aromatic nitrogens is 2. The second-order valence-corrected chi connectivity index (χ2v) is 3.17. The van der Waals surface area contributed by atoms with Gasteiger partial charge < -0.3 is 9.64 Å². The Morgan fingerprint density at radius 3 is 3.15 bits per heavy atom. The Kier molecular flexibility index (Phi) is 2.40. The monoisotopic (exact) mass is 179 g/mol. The van der Waals surface area contributed by atoms with Gasteiger partial charge in [0.25, 0.3) is 0 Å². The third-order valence-electron chi connectivity index (χ3n) is 2.36. The van der Waals surface area contributed by atoms with Crippen LogP contribution in [0.1, 0.15) is 6.42 Å². The van der Waals surface area contributed by atoms with Gasteiger partial charge in [-0.3, -0.25) is 0 Å². The molecule has 0 amide bonds. The molecule has 1 aromatic heterocycles. The molecule has 0 aromatic carbocycles. The highest BCUT2D eigenvalue weighted by Crippen LogP contribution is 2.17. The molecule has 0 bridgehead atoms. The molecule has 1 saturated heterocycles. The van der Waals surface area contributed by atoms with Gasteiger partial charge in [0.05, 0.1) is 6.10 Å². The van der Waals surface area contributed by atoms with Crippen LogP contribution in [-0.2, 0) is 4.74 Å². The van der Waals surface area contributed by atoms with E-state index >= 15 is 0 Å². The van der Waals surface area contributed by atoms with Crippen LogP contribution in [0.5, 0.6) is 0 Å². The molecule has 1 atom stereocenters. The van der Waals surface area contributed by atoms with E-state index in [1.165, 1.54) is 0 Å². The normalized spacial score (nSPS) is 22.2.